The normalized spacial score (nSPS) is 11.7. The summed E-state index contributed by atoms with van der Waals surface area (Å²) in [5, 5.41) is 15.8. The maximum Gasteiger partial charge on any atom is 0.332 e. The predicted molar refractivity (Wildman–Crippen MR) is 19.3 cm³/mol. The van der Waals surface area contributed by atoms with E-state index in [-0.39, 0.29) is 32.7 Å². The molecule has 0 aliphatic heterocycles. The molecule has 39 valence electrons. The Labute approximate surface area is 66.6 Å². The fraction of sp³-hybridized carbons (Fsp3) is 0.667. The predicted octanol–water partition coefficient (Wildman–Crippen LogP) is -0.551. The molecule has 0 fully saturated rings. The van der Waals surface area contributed by atoms with Crippen molar-refractivity contribution in [2.24, 2.45) is 0 Å². The van der Waals surface area contributed by atoms with Gasteiger partial charge in [0.15, 0.2) is 0 Å². The van der Waals surface area contributed by atoms with Crippen LogP contribution in [0.3, 0.4) is 0 Å². The van der Waals surface area contributed by atoms with Crippen molar-refractivity contribution in [3.05, 3.63) is 0 Å². The third-order valence-corrected chi connectivity index (χ3v) is 0.357. The van der Waals surface area contributed by atoms with Crippen LogP contribution in [-0.4, -0.2) is 22.3 Å². The summed E-state index contributed by atoms with van der Waals surface area (Å²) in [5.41, 5.74) is 0. The van der Waals surface area contributed by atoms with E-state index in [1.165, 1.54) is 6.92 Å². The van der Waals surface area contributed by atoms with E-state index in [9.17, 15) is 4.79 Å². The minimum absolute atomic E-state index is 0. The monoisotopic (exact) mass is 179 g/mol. The summed E-state index contributed by atoms with van der Waals surface area (Å²) in [6, 6.07) is 0. The Balaban J connectivity index is 0. The molecule has 2 N–H and O–H groups in total. The van der Waals surface area contributed by atoms with Crippen LogP contribution < -0.4 is 0 Å². The fourth-order valence-electron chi connectivity index (χ4n) is 0. The van der Waals surface area contributed by atoms with Gasteiger partial charge in [-0.05, 0) is 6.92 Å². The van der Waals surface area contributed by atoms with Gasteiger partial charge in [-0.25, -0.2) is 4.79 Å². The first-order valence-corrected chi connectivity index (χ1v) is 1.55. The van der Waals surface area contributed by atoms with E-state index in [0.29, 0.717) is 0 Å². The molecule has 1 unspecified atom stereocenters. The van der Waals surface area contributed by atoms with E-state index in [0.717, 1.165) is 0 Å². The molecule has 3 nitrogen and oxygen atoms in total. The molecular weight excluding hydrogens is 173 g/mol. The summed E-state index contributed by atoms with van der Waals surface area (Å²) in [6.07, 6.45) is -1.23. The summed E-state index contributed by atoms with van der Waals surface area (Å²) in [5.74, 6) is -1.19. The number of aliphatic hydroxyl groups excluding tert-OH is 1. The van der Waals surface area contributed by atoms with E-state index in [1.807, 2.05) is 0 Å². The van der Waals surface area contributed by atoms with Gasteiger partial charge in [0.2, 0.25) is 0 Å². The van der Waals surface area contributed by atoms with E-state index in [1.54, 1.807) is 0 Å². The molecule has 0 rings (SSSR count). The van der Waals surface area contributed by atoms with Crippen LogP contribution in [0, 0.1) is 0 Å². The van der Waals surface area contributed by atoms with Gasteiger partial charge in [0.05, 0.1) is 0 Å². The Hall–Kier alpha value is 0.534. The second-order valence-corrected chi connectivity index (χ2v) is 1.01. The maximum atomic E-state index is 9.45. The number of hydrogen-bond donors (Lipinski definition) is 2. The first-order chi connectivity index (χ1) is 2.64. The maximum absolute atomic E-state index is 9.45. The van der Waals surface area contributed by atoms with E-state index >= 15 is 0 Å². The van der Waals surface area contributed by atoms with E-state index in [4.69, 9.17) is 10.2 Å². The second kappa shape index (κ2) is 4.69. The molecule has 0 heterocycles. The number of carboxylic acids is 1. The second-order valence-electron chi connectivity index (χ2n) is 1.01. The van der Waals surface area contributed by atoms with Gasteiger partial charge < -0.3 is 10.2 Å². The number of rotatable bonds is 1. The van der Waals surface area contributed by atoms with Crippen molar-refractivity contribution in [1.82, 2.24) is 0 Å². The minimum Gasteiger partial charge on any atom is -0.479 e. The molecule has 0 aliphatic rings. The molecule has 0 aromatic heterocycles. The number of hydrogen-bond acceptors (Lipinski definition) is 2. The first-order valence-electron chi connectivity index (χ1n) is 1.55. The average molecular weight is 179 g/mol. The zero-order chi connectivity index (χ0) is 5.15. The summed E-state index contributed by atoms with van der Waals surface area (Å²) in [4.78, 5) is 9.45. The van der Waals surface area contributed by atoms with Crippen molar-refractivity contribution in [1.29, 1.82) is 0 Å². The molecule has 1 radical (unpaired) electrons. The molecule has 0 bridgehead atoms. The Morgan fingerprint density at radius 2 is 1.86 bits per heavy atom. The summed E-state index contributed by atoms with van der Waals surface area (Å²) in [6.45, 7) is 1.20. The van der Waals surface area contributed by atoms with E-state index < -0.39 is 12.1 Å². The summed E-state index contributed by atoms with van der Waals surface area (Å²) < 4.78 is 0. The Bertz CT molecular complexity index is 61.2. The minimum atomic E-state index is -1.23. The summed E-state index contributed by atoms with van der Waals surface area (Å²) >= 11 is 0. The quantitative estimate of drug-likeness (QED) is 0.567. The van der Waals surface area contributed by atoms with Crippen molar-refractivity contribution >= 4 is 5.97 Å². The Kier molecular flexibility index (Phi) is 7.03. The van der Waals surface area contributed by atoms with Gasteiger partial charge in [0, 0.05) is 32.7 Å². The topological polar surface area (TPSA) is 57.5 Å². The van der Waals surface area contributed by atoms with Gasteiger partial charge >= 0.3 is 5.97 Å². The van der Waals surface area contributed by atoms with Gasteiger partial charge in [-0.2, -0.15) is 0 Å². The molecule has 0 saturated carbocycles. The third-order valence-electron chi connectivity index (χ3n) is 0.357. The summed E-state index contributed by atoms with van der Waals surface area (Å²) in [7, 11) is 0. The molecule has 0 aromatic rings. The fourth-order valence-corrected chi connectivity index (χ4v) is 0. The molecular formula is C3H6O3Y. The van der Waals surface area contributed by atoms with Crippen LogP contribution in [-0.2, 0) is 37.5 Å². The standard InChI is InChI=1S/C3H6O3.Y/c1-2(4)3(5)6;/h2,4H,1H3,(H,5,6);. The number of aliphatic carboxylic acids is 1. The molecule has 0 aliphatic carbocycles. The largest absolute Gasteiger partial charge is 0.479 e. The molecule has 7 heavy (non-hydrogen) atoms. The van der Waals surface area contributed by atoms with Gasteiger partial charge in [-0.1, -0.05) is 0 Å². The Morgan fingerprint density at radius 1 is 1.71 bits per heavy atom. The zero-order valence-corrected chi connectivity index (χ0v) is 6.80. The van der Waals surface area contributed by atoms with Gasteiger partial charge in [-0.15, -0.1) is 0 Å². The van der Waals surface area contributed by atoms with Crippen LogP contribution in [0.15, 0.2) is 0 Å². The molecule has 1 atom stereocenters. The third kappa shape index (κ3) is 6.53. The molecule has 4 heteroatoms. The van der Waals surface area contributed by atoms with Crippen molar-refractivity contribution in [2.45, 2.75) is 13.0 Å². The molecule has 0 saturated heterocycles. The number of aliphatic hydroxyl groups is 1. The zero-order valence-electron chi connectivity index (χ0n) is 3.96. The SMILES string of the molecule is CC(O)C(=O)O.[Y]. The van der Waals surface area contributed by atoms with E-state index in [2.05, 4.69) is 0 Å². The van der Waals surface area contributed by atoms with Crippen LogP contribution in [0.25, 0.3) is 0 Å². The number of carbonyl (C=O) groups is 1. The van der Waals surface area contributed by atoms with Crippen LogP contribution in [0.2, 0.25) is 0 Å². The van der Waals surface area contributed by atoms with Crippen LogP contribution in [0.5, 0.6) is 0 Å². The van der Waals surface area contributed by atoms with Crippen molar-refractivity contribution in [3.8, 4) is 0 Å². The Morgan fingerprint density at radius 3 is 1.86 bits per heavy atom. The molecule has 0 amide bonds. The average Bonchev–Trinajstić information content (AvgIpc) is 1.36. The van der Waals surface area contributed by atoms with Gasteiger partial charge in [-0.3, -0.25) is 0 Å². The van der Waals surface area contributed by atoms with Crippen molar-refractivity contribution in [3.63, 3.8) is 0 Å². The molecule has 0 aromatic carbocycles. The number of carboxylic acid groups (broad SMARTS) is 1. The van der Waals surface area contributed by atoms with Crippen molar-refractivity contribution in [2.75, 3.05) is 0 Å². The first kappa shape index (κ1) is 10.5. The smallest absolute Gasteiger partial charge is 0.332 e. The molecule has 0 spiro atoms. The van der Waals surface area contributed by atoms with Crippen LogP contribution >= 0.6 is 0 Å². The van der Waals surface area contributed by atoms with Gasteiger partial charge in [0.25, 0.3) is 0 Å². The van der Waals surface area contributed by atoms with Crippen LogP contribution in [0.4, 0.5) is 0 Å². The van der Waals surface area contributed by atoms with Crippen molar-refractivity contribution < 1.29 is 47.7 Å². The van der Waals surface area contributed by atoms with Gasteiger partial charge in [0.1, 0.15) is 6.10 Å². The van der Waals surface area contributed by atoms with Crippen LogP contribution in [0.1, 0.15) is 6.92 Å².